The molecule has 0 unspecified atom stereocenters. The van der Waals surface area contributed by atoms with Crippen LogP contribution in [0.25, 0.3) is 10.2 Å². The van der Waals surface area contributed by atoms with E-state index in [1.54, 1.807) is 17.0 Å². The molecular weight excluding hydrogens is 421 g/mol. The highest BCUT2D eigenvalue weighted by Crippen LogP contribution is 2.34. The molecule has 2 aromatic carbocycles. The molecule has 0 fully saturated rings. The maximum absolute atomic E-state index is 13.1. The minimum Gasteiger partial charge on any atom is -0.492 e. The van der Waals surface area contributed by atoms with Gasteiger partial charge in [-0.3, -0.25) is 9.69 Å². The molecule has 0 saturated carbocycles. The van der Waals surface area contributed by atoms with E-state index in [0.29, 0.717) is 18.3 Å². The van der Waals surface area contributed by atoms with Gasteiger partial charge in [0.2, 0.25) is 5.91 Å². The highest BCUT2D eigenvalue weighted by atomic mass is 32.2. The van der Waals surface area contributed by atoms with Gasteiger partial charge in [-0.2, -0.15) is 0 Å². The zero-order valence-electron chi connectivity index (χ0n) is 17.4. The molecule has 8 heteroatoms. The van der Waals surface area contributed by atoms with E-state index in [2.05, 4.69) is 4.90 Å². The van der Waals surface area contributed by atoms with Gasteiger partial charge in [0.1, 0.15) is 17.1 Å². The fraction of sp³-hybridized carbons (Fsp3) is 0.364. The molecular formula is C22H26FN3O2S2. The lowest BCUT2D eigenvalue weighted by Gasteiger charge is -2.21. The maximum atomic E-state index is 13.1. The Hall–Kier alpha value is -2.16. The number of aromatic nitrogens is 1. The van der Waals surface area contributed by atoms with Crippen molar-refractivity contribution in [1.29, 1.82) is 0 Å². The maximum Gasteiger partial charge on any atom is 0.239 e. The predicted molar refractivity (Wildman–Crippen MR) is 123 cm³/mol. The molecule has 1 amide bonds. The summed E-state index contributed by atoms with van der Waals surface area (Å²) in [6.07, 6.45) is 0.841. The molecule has 0 spiro atoms. The van der Waals surface area contributed by atoms with Crippen LogP contribution in [0, 0.1) is 5.82 Å². The van der Waals surface area contributed by atoms with Gasteiger partial charge in [0.05, 0.1) is 17.1 Å². The number of halogens is 1. The summed E-state index contributed by atoms with van der Waals surface area (Å²) < 4.78 is 19.8. The average molecular weight is 448 g/mol. The number of hydrogen-bond donors (Lipinski definition) is 0. The lowest BCUT2D eigenvalue weighted by Crippen LogP contribution is -2.34. The first-order chi connectivity index (χ1) is 14.5. The average Bonchev–Trinajstić information content (AvgIpc) is 3.15. The van der Waals surface area contributed by atoms with Crippen LogP contribution in [0.4, 0.5) is 9.52 Å². The number of nitrogens with zero attached hydrogens (tertiary/aromatic N) is 3. The summed E-state index contributed by atoms with van der Waals surface area (Å²) in [5, 5.41) is 0.681. The number of fused-ring (bicyclic) bond motifs is 1. The topological polar surface area (TPSA) is 45.7 Å². The van der Waals surface area contributed by atoms with Gasteiger partial charge in [-0.25, -0.2) is 9.37 Å². The monoisotopic (exact) mass is 447 g/mol. The largest absolute Gasteiger partial charge is 0.492 e. The summed E-state index contributed by atoms with van der Waals surface area (Å²) in [5.74, 6) is 0.705. The molecule has 160 valence electrons. The Balaban J connectivity index is 1.80. The molecule has 5 nitrogen and oxygen atoms in total. The van der Waals surface area contributed by atoms with Crippen molar-refractivity contribution in [2.75, 3.05) is 44.4 Å². The van der Waals surface area contributed by atoms with E-state index in [0.717, 1.165) is 33.8 Å². The number of anilines is 1. The molecule has 1 aromatic heterocycles. The predicted octanol–water partition coefficient (Wildman–Crippen LogP) is 4.91. The van der Waals surface area contributed by atoms with E-state index in [1.165, 1.54) is 35.2 Å². The van der Waals surface area contributed by atoms with Crippen LogP contribution in [0.15, 0.2) is 47.4 Å². The van der Waals surface area contributed by atoms with E-state index in [9.17, 15) is 9.18 Å². The van der Waals surface area contributed by atoms with Crippen molar-refractivity contribution in [3.8, 4) is 5.75 Å². The third kappa shape index (κ3) is 5.93. The summed E-state index contributed by atoms with van der Waals surface area (Å²) in [5.41, 5.74) is 0.788. The number of carbonyl (C=O) groups excluding carboxylic acids is 1. The van der Waals surface area contributed by atoms with Crippen LogP contribution in [0.1, 0.15) is 13.3 Å². The Kier molecular flexibility index (Phi) is 8.07. The molecule has 30 heavy (non-hydrogen) atoms. The number of rotatable bonds is 10. The van der Waals surface area contributed by atoms with E-state index in [1.807, 2.05) is 39.2 Å². The number of thioether (sulfide) groups is 1. The zero-order valence-corrected chi connectivity index (χ0v) is 19.1. The van der Waals surface area contributed by atoms with Crippen LogP contribution in [0.2, 0.25) is 0 Å². The van der Waals surface area contributed by atoms with Gasteiger partial charge in [-0.05, 0) is 70.4 Å². The molecule has 3 aromatic rings. The van der Waals surface area contributed by atoms with Crippen molar-refractivity contribution in [2.45, 2.75) is 18.2 Å². The third-order valence-electron chi connectivity index (χ3n) is 4.37. The van der Waals surface area contributed by atoms with E-state index < -0.39 is 0 Å². The SMILES string of the molecule is CCOc1cccc2sc(N(CCCN(C)C)C(=O)CSc3ccc(F)cc3)nc12. The first kappa shape index (κ1) is 22.5. The van der Waals surface area contributed by atoms with Crippen molar-refractivity contribution in [3.63, 3.8) is 0 Å². The Morgan fingerprint density at radius 3 is 2.63 bits per heavy atom. The van der Waals surface area contributed by atoms with Crippen molar-refractivity contribution >= 4 is 44.4 Å². The molecule has 3 rings (SSSR count). The lowest BCUT2D eigenvalue weighted by atomic mass is 10.3. The number of thiazole rings is 1. The van der Waals surface area contributed by atoms with Crippen LogP contribution < -0.4 is 9.64 Å². The molecule has 0 radical (unpaired) electrons. The van der Waals surface area contributed by atoms with Crippen LogP contribution >= 0.6 is 23.1 Å². The van der Waals surface area contributed by atoms with Gasteiger partial charge < -0.3 is 9.64 Å². The van der Waals surface area contributed by atoms with Crippen LogP contribution in [0.5, 0.6) is 5.75 Å². The summed E-state index contributed by atoms with van der Waals surface area (Å²) in [7, 11) is 4.03. The number of hydrogen-bond acceptors (Lipinski definition) is 6. The van der Waals surface area contributed by atoms with Crippen LogP contribution in [-0.2, 0) is 4.79 Å². The number of amides is 1. The van der Waals surface area contributed by atoms with E-state index in [4.69, 9.17) is 9.72 Å². The van der Waals surface area contributed by atoms with Crippen LogP contribution in [0.3, 0.4) is 0 Å². The molecule has 0 atom stereocenters. The first-order valence-corrected chi connectivity index (χ1v) is 11.6. The van der Waals surface area contributed by atoms with Gasteiger partial charge in [-0.15, -0.1) is 11.8 Å². The lowest BCUT2D eigenvalue weighted by molar-refractivity contribution is -0.116. The number of carbonyl (C=O) groups is 1. The Bertz CT molecular complexity index is 976. The fourth-order valence-corrected chi connectivity index (χ4v) is 4.73. The molecule has 0 aliphatic rings. The number of para-hydroxylation sites is 1. The smallest absolute Gasteiger partial charge is 0.239 e. The normalized spacial score (nSPS) is 11.2. The van der Waals surface area contributed by atoms with Gasteiger partial charge in [0, 0.05) is 11.4 Å². The first-order valence-electron chi connectivity index (χ1n) is 9.83. The van der Waals surface area contributed by atoms with Crippen LogP contribution in [-0.4, -0.2) is 55.3 Å². The minimum atomic E-state index is -0.282. The Labute approximate surface area is 184 Å². The van der Waals surface area contributed by atoms with Gasteiger partial charge in [0.25, 0.3) is 0 Å². The van der Waals surface area contributed by atoms with Crippen molar-refractivity contribution in [1.82, 2.24) is 9.88 Å². The zero-order chi connectivity index (χ0) is 21.5. The van der Waals surface area contributed by atoms with Crippen molar-refractivity contribution in [3.05, 3.63) is 48.3 Å². The van der Waals surface area contributed by atoms with Gasteiger partial charge >= 0.3 is 0 Å². The molecule has 0 aliphatic heterocycles. The van der Waals surface area contributed by atoms with Crippen molar-refractivity contribution in [2.24, 2.45) is 0 Å². The summed E-state index contributed by atoms with van der Waals surface area (Å²) in [6.45, 7) is 3.97. The number of ether oxygens (including phenoxy) is 1. The minimum absolute atomic E-state index is 0.0138. The summed E-state index contributed by atoms with van der Waals surface area (Å²) in [4.78, 5) is 22.6. The Morgan fingerprint density at radius 1 is 1.17 bits per heavy atom. The quantitative estimate of drug-likeness (QED) is 0.413. The second-order valence-corrected chi connectivity index (χ2v) is 9.03. The number of benzene rings is 2. The highest BCUT2D eigenvalue weighted by molar-refractivity contribution is 8.00. The van der Waals surface area contributed by atoms with E-state index >= 15 is 0 Å². The fourth-order valence-electron chi connectivity index (χ4n) is 2.92. The second kappa shape index (κ2) is 10.7. The Morgan fingerprint density at radius 2 is 1.93 bits per heavy atom. The highest BCUT2D eigenvalue weighted by Gasteiger charge is 2.21. The molecule has 1 heterocycles. The third-order valence-corrected chi connectivity index (χ3v) is 6.41. The standard InChI is InChI=1S/C22H26FN3O2S2/c1-4-28-18-7-5-8-19-21(18)24-22(30-19)26(14-6-13-25(2)3)20(27)15-29-17-11-9-16(23)10-12-17/h5,7-12H,4,6,13-15H2,1-3H3. The summed E-state index contributed by atoms with van der Waals surface area (Å²) in [6, 6.07) is 12.0. The molecule has 0 N–H and O–H groups in total. The summed E-state index contributed by atoms with van der Waals surface area (Å²) >= 11 is 2.90. The van der Waals surface area contributed by atoms with E-state index in [-0.39, 0.29) is 17.5 Å². The van der Waals surface area contributed by atoms with Gasteiger partial charge in [-0.1, -0.05) is 17.4 Å². The van der Waals surface area contributed by atoms with Crippen molar-refractivity contribution < 1.29 is 13.9 Å². The second-order valence-electron chi connectivity index (χ2n) is 6.98. The molecule has 0 aliphatic carbocycles. The van der Waals surface area contributed by atoms with Gasteiger partial charge in [0.15, 0.2) is 5.13 Å². The molecule has 0 saturated heterocycles. The molecule has 0 bridgehead atoms.